The quantitative estimate of drug-likeness (QED) is 0.206. The highest BCUT2D eigenvalue weighted by molar-refractivity contribution is 6.07. The molecule has 3 aliphatic rings. The van der Waals surface area contributed by atoms with Crippen LogP contribution in [0.15, 0.2) is 59.7 Å². The molecule has 1 heterocycles. The van der Waals surface area contributed by atoms with Gasteiger partial charge in [0.2, 0.25) is 0 Å². The van der Waals surface area contributed by atoms with Crippen molar-refractivity contribution in [1.82, 2.24) is 5.01 Å². The molecule has 174 valence electrons. The Balaban J connectivity index is 1.36. The first-order valence-electron chi connectivity index (χ1n) is 11.1. The molecule has 1 saturated carbocycles. The van der Waals surface area contributed by atoms with Gasteiger partial charge >= 0.3 is 0 Å². The summed E-state index contributed by atoms with van der Waals surface area (Å²) in [6, 6.07) is 11.7. The van der Waals surface area contributed by atoms with Crippen LogP contribution in [0.4, 0.5) is 11.4 Å². The first-order chi connectivity index (χ1) is 16.3. The number of carbonyl (C=O) groups is 2. The van der Waals surface area contributed by atoms with E-state index < -0.39 is 4.92 Å². The highest BCUT2D eigenvalue weighted by atomic mass is 16.6. The number of non-ortho nitro benzene ring substituents is 1. The molecular formula is C25H24N4O5. The standard InChI is InChI=1S/C25H24N4O5/c1-27(2)20-10-7-18(21(12-20)34-14-15-3-8-19(9-4-15)29(32)33)13-26-28-24(30)22-16-5-6-17(11-16)23(22)25(28)31/h3-10,12-13,16-17,22-23H,11,14H2,1-2H3/t16-,17-,22-,23+/m0/s1. The molecule has 0 unspecified atom stereocenters. The van der Waals surface area contributed by atoms with Gasteiger partial charge in [-0.25, -0.2) is 0 Å². The van der Waals surface area contributed by atoms with E-state index in [1.54, 1.807) is 12.1 Å². The van der Waals surface area contributed by atoms with Gasteiger partial charge < -0.3 is 9.64 Å². The summed E-state index contributed by atoms with van der Waals surface area (Å²) in [5.74, 6) is -0.280. The van der Waals surface area contributed by atoms with Crippen LogP contribution in [0.25, 0.3) is 0 Å². The van der Waals surface area contributed by atoms with Crippen LogP contribution in [0, 0.1) is 33.8 Å². The Morgan fingerprint density at radius 2 is 1.74 bits per heavy atom. The van der Waals surface area contributed by atoms with Crippen LogP contribution in [0.3, 0.4) is 0 Å². The molecule has 34 heavy (non-hydrogen) atoms. The molecule has 1 aliphatic heterocycles. The normalized spacial score (nSPS) is 24.8. The van der Waals surface area contributed by atoms with Gasteiger partial charge in [-0.15, -0.1) is 0 Å². The molecule has 0 N–H and O–H groups in total. The number of amides is 2. The van der Waals surface area contributed by atoms with Crippen LogP contribution in [-0.4, -0.2) is 42.1 Å². The summed E-state index contributed by atoms with van der Waals surface area (Å²) in [7, 11) is 3.82. The van der Waals surface area contributed by atoms with E-state index in [-0.39, 0.29) is 47.8 Å². The van der Waals surface area contributed by atoms with E-state index in [0.29, 0.717) is 11.3 Å². The monoisotopic (exact) mass is 460 g/mol. The first kappa shape index (κ1) is 21.8. The fourth-order valence-corrected chi connectivity index (χ4v) is 5.03. The van der Waals surface area contributed by atoms with Crippen LogP contribution in [-0.2, 0) is 16.2 Å². The summed E-state index contributed by atoms with van der Waals surface area (Å²) in [5, 5.41) is 16.2. The highest BCUT2D eigenvalue weighted by Gasteiger charge is 2.59. The maximum atomic E-state index is 12.9. The number of rotatable bonds is 7. The number of nitrogens with zero attached hydrogens (tertiary/aromatic N) is 4. The minimum absolute atomic E-state index is 0.0135. The van der Waals surface area contributed by atoms with Gasteiger partial charge in [0, 0.05) is 43.5 Å². The maximum absolute atomic E-state index is 12.9. The Morgan fingerprint density at radius 3 is 2.32 bits per heavy atom. The van der Waals surface area contributed by atoms with Gasteiger partial charge in [-0.1, -0.05) is 12.2 Å². The minimum Gasteiger partial charge on any atom is -0.488 e. The van der Waals surface area contributed by atoms with E-state index in [1.165, 1.54) is 18.3 Å². The Hall–Kier alpha value is -4.01. The second-order valence-corrected chi connectivity index (χ2v) is 9.06. The van der Waals surface area contributed by atoms with Crippen molar-refractivity contribution >= 4 is 29.4 Å². The van der Waals surface area contributed by atoms with Crippen molar-refractivity contribution in [1.29, 1.82) is 0 Å². The highest BCUT2D eigenvalue weighted by Crippen LogP contribution is 2.52. The SMILES string of the molecule is CN(C)c1ccc(C=NN2C(=O)[C@@H]3[C@H](C2=O)[C@H]2C=C[C@H]3C2)c(OCc2ccc([N+](=O)[O-])cc2)c1. The number of hydrogen-bond acceptors (Lipinski definition) is 7. The second kappa shape index (κ2) is 8.40. The number of fused-ring (bicyclic) bond motifs is 5. The zero-order valence-corrected chi connectivity index (χ0v) is 18.8. The van der Waals surface area contributed by atoms with Crippen molar-refractivity contribution < 1.29 is 19.2 Å². The third-order valence-electron chi connectivity index (χ3n) is 6.81. The van der Waals surface area contributed by atoms with Crippen LogP contribution >= 0.6 is 0 Å². The molecular weight excluding hydrogens is 436 g/mol. The smallest absolute Gasteiger partial charge is 0.269 e. The lowest BCUT2D eigenvalue weighted by molar-refractivity contribution is -0.384. The van der Waals surface area contributed by atoms with Gasteiger partial charge in [-0.05, 0) is 48.1 Å². The third kappa shape index (κ3) is 3.72. The number of nitro benzene ring substituents is 1. The van der Waals surface area contributed by atoms with Crippen molar-refractivity contribution in [2.24, 2.45) is 28.8 Å². The average Bonchev–Trinajstić information content (AvgIpc) is 3.51. The lowest BCUT2D eigenvalue weighted by Crippen LogP contribution is -2.28. The number of carbonyl (C=O) groups excluding carboxylic acids is 2. The zero-order valence-electron chi connectivity index (χ0n) is 18.8. The van der Waals surface area contributed by atoms with Crippen LogP contribution < -0.4 is 9.64 Å². The Morgan fingerprint density at radius 1 is 1.09 bits per heavy atom. The number of ether oxygens (including phenoxy) is 1. The molecule has 0 spiro atoms. The fraction of sp³-hybridized carbons (Fsp3) is 0.320. The molecule has 4 atom stereocenters. The van der Waals surface area contributed by atoms with E-state index in [9.17, 15) is 19.7 Å². The summed E-state index contributed by atoms with van der Waals surface area (Å²) < 4.78 is 6.02. The summed E-state index contributed by atoms with van der Waals surface area (Å²) >= 11 is 0. The summed E-state index contributed by atoms with van der Waals surface area (Å²) in [4.78, 5) is 38.1. The number of imide groups is 1. The molecule has 5 rings (SSSR count). The van der Waals surface area contributed by atoms with Gasteiger partial charge in [0.05, 0.1) is 23.0 Å². The number of nitro groups is 1. The molecule has 9 nitrogen and oxygen atoms in total. The molecule has 0 radical (unpaired) electrons. The molecule has 9 heteroatoms. The Bertz CT molecular complexity index is 1190. The fourth-order valence-electron chi connectivity index (χ4n) is 5.03. The van der Waals surface area contributed by atoms with E-state index in [0.717, 1.165) is 22.7 Å². The first-order valence-corrected chi connectivity index (χ1v) is 11.1. The largest absolute Gasteiger partial charge is 0.488 e. The second-order valence-electron chi connectivity index (χ2n) is 9.06. The van der Waals surface area contributed by atoms with Crippen molar-refractivity contribution in [3.8, 4) is 5.75 Å². The van der Waals surface area contributed by atoms with E-state index in [1.807, 2.05) is 49.3 Å². The Kier molecular flexibility index (Phi) is 5.39. The molecule has 2 aromatic rings. The third-order valence-corrected chi connectivity index (χ3v) is 6.81. The van der Waals surface area contributed by atoms with E-state index in [4.69, 9.17) is 4.74 Å². The number of hydrogen-bond donors (Lipinski definition) is 0. The number of anilines is 1. The van der Waals surface area contributed by atoms with Gasteiger partial charge in [0.1, 0.15) is 12.4 Å². The van der Waals surface area contributed by atoms with E-state index >= 15 is 0 Å². The number of benzene rings is 2. The lowest BCUT2D eigenvalue weighted by Gasteiger charge is -2.16. The van der Waals surface area contributed by atoms with Crippen molar-refractivity contribution in [3.05, 3.63) is 75.9 Å². The van der Waals surface area contributed by atoms with Gasteiger partial charge in [-0.2, -0.15) is 10.1 Å². The zero-order chi connectivity index (χ0) is 24.0. The summed E-state index contributed by atoms with van der Waals surface area (Å²) in [6.07, 6.45) is 6.45. The molecule has 1 saturated heterocycles. The van der Waals surface area contributed by atoms with Crippen LogP contribution in [0.1, 0.15) is 17.5 Å². The lowest BCUT2D eigenvalue weighted by atomic mass is 9.85. The predicted molar refractivity (Wildman–Crippen MR) is 125 cm³/mol. The van der Waals surface area contributed by atoms with Gasteiger partial charge in [0.25, 0.3) is 17.5 Å². The summed E-state index contributed by atoms with van der Waals surface area (Å²) in [5.41, 5.74) is 2.30. The summed E-state index contributed by atoms with van der Waals surface area (Å²) in [6.45, 7) is 0.191. The van der Waals surface area contributed by atoms with E-state index in [2.05, 4.69) is 5.10 Å². The topological polar surface area (TPSA) is 105 Å². The maximum Gasteiger partial charge on any atom is 0.269 e. The van der Waals surface area contributed by atoms with Gasteiger partial charge in [0.15, 0.2) is 0 Å². The molecule has 2 bridgehead atoms. The van der Waals surface area contributed by atoms with Gasteiger partial charge in [-0.3, -0.25) is 19.7 Å². The average molecular weight is 460 g/mol. The predicted octanol–water partition coefficient (Wildman–Crippen LogP) is 3.38. The molecule has 2 fully saturated rings. The number of hydrazone groups is 1. The van der Waals surface area contributed by atoms with Crippen LogP contribution in [0.2, 0.25) is 0 Å². The molecule has 2 amide bonds. The molecule has 0 aromatic heterocycles. The minimum atomic E-state index is -0.448. The Labute approximate surface area is 196 Å². The number of allylic oxidation sites excluding steroid dienone is 2. The van der Waals surface area contributed by atoms with Crippen molar-refractivity contribution in [2.45, 2.75) is 13.0 Å². The van der Waals surface area contributed by atoms with Crippen molar-refractivity contribution in [2.75, 3.05) is 19.0 Å². The van der Waals surface area contributed by atoms with Crippen molar-refractivity contribution in [3.63, 3.8) is 0 Å². The van der Waals surface area contributed by atoms with Crippen LogP contribution in [0.5, 0.6) is 5.75 Å². The molecule has 2 aliphatic carbocycles. The molecule has 2 aromatic carbocycles.